The van der Waals surface area contributed by atoms with E-state index in [1.54, 1.807) is 0 Å². The van der Waals surface area contributed by atoms with Crippen molar-refractivity contribution in [3.63, 3.8) is 0 Å². The SMILES string of the molecule is COC(=O)C1(C)CCCOC1. The molecule has 1 atom stereocenters. The van der Waals surface area contributed by atoms with Crippen LogP contribution in [-0.2, 0) is 14.3 Å². The molecule has 0 aromatic heterocycles. The average molecular weight is 158 g/mol. The molecule has 0 amide bonds. The zero-order valence-electron chi connectivity index (χ0n) is 7.05. The third kappa shape index (κ3) is 1.71. The van der Waals surface area contributed by atoms with Crippen LogP contribution in [-0.4, -0.2) is 26.3 Å². The number of ether oxygens (including phenoxy) is 2. The largest absolute Gasteiger partial charge is 0.469 e. The lowest BCUT2D eigenvalue weighted by atomic mass is 9.85. The molecule has 1 unspecified atom stereocenters. The van der Waals surface area contributed by atoms with Crippen LogP contribution in [0.15, 0.2) is 0 Å². The molecule has 0 spiro atoms. The van der Waals surface area contributed by atoms with Crippen LogP contribution in [0.3, 0.4) is 0 Å². The van der Waals surface area contributed by atoms with Crippen molar-refractivity contribution in [2.24, 2.45) is 5.41 Å². The summed E-state index contributed by atoms with van der Waals surface area (Å²) in [5, 5.41) is 0. The standard InChI is InChI=1S/C8H14O3/c1-8(7(9)10-2)4-3-5-11-6-8/h3-6H2,1-2H3. The molecule has 3 heteroatoms. The molecule has 3 nitrogen and oxygen atoms in total. The van der Waals surface area contributed by atoms with E-state index in [0.717, 1.165) is 19.4 Å². The summed E-state index contributed by atoms with van der Waals surface area (Å²) in [7, 11) is 1.42. The van der Waals surface area contributed by atoms with Gasteiger partial charge in [-0.1, -0.05) is 0 Å². The molecular weight excluding hydrogens is 144 g/mol. The molecule has 0 saturated carbocycles. The number of carbonyl (C=O) groups is 1. The van der Waals surface area contributed by atoms with Gasteiger partial charge in [-0.15, -0.1) is 0 Å². The van der Waals surface area contributed by atoms with E-state index < -0.39 is 5.41 Å². The van der Waals surface area contributed by atoms with Gasteiger partial charge in [0.25, 0.3) is 0 Å². The van der Waals surface area contributed by atoms with E-state index in [0.29, 0.717) is 6.61 Å². The van der Waals surface area contributed by atoms with E-state index in [1.165, 1.54) is 7.11 Å². The minimum Gasteiger partial charge on any atom is -0.469 e. The Balaban J connectivity index is 2.56. The van der Waals surface area contributed by atoms with E-state index >= 15 is 0 Å². The quantitative estimate of drug-likeness (QED) is 0.533. The second-order valence-electron chi connectivity index (χ2n) is 3.21. The van der Waals surface area contributed by atoms with Gasteiger partial charge in [-0.2, -0.15) is 0 Å². The average Bonchev–Trinajstić information content (AvgIpc) is 2.04. The van der Waals surface area contributed by atoms with E-state index in [4.69, 9.17) is 4.74 Å². The molecule has 0 radical (unpaired) electrons. The first-order chi connectivity index (χ1) is 5.19. The summed E-state index contributed by atoms with van der Waals surface area (Å²) in [4.78, 5) is 11.2. The van der Waals surface area contributed by atoms with Crippen LogP contribution in [0, 0.1) is 5.41 Å². The Morgan fingerprint density at radius 1 is 1.64 bits per heavy atom. The van der Waals surface area contributed by atoms with Crippen LogP contribution in [0.1, 0.15) is 19.8 Å². The lowest BCUT2D eigenvalue weighted by Crippen LogP contribution is -2.37. The summed E-state index contributed by atoms with van der Waals surface area (Å²) in [6.07, 6.45) is 1.82. The van der Waals surface area contributed by atoms with Crippen molar-refractivity contribution in [1.82, 2.24) is 0 Å². The lowest BCUT2D eigenvalue weighted by molar-refractivity contribution is -0.159. The Labute approximate surface area is 66.7 Å². The van der Waals surface area contributed by atoms with E-state index in [9.17, 15) is 4.79 Å². The Kier molecular flexibility index (Phi) is 2.49. The van der Waals surface area contributed by atoms with Gasteiger partial charge in [0.2, 0.25) is 0 Å². The highest BCUT2D eigenvalue weighted by atomic mass is 16.5. The van der Waals surface area contributed by atoms with Crippen LogP contribution in [0.5, 0.6) is 0 Å². The van der Waals surface area contributed by atoms with Gasteiger partial charge >= 0.3 is 5.97 Å². The summed E-state index contributed by atoms with van der Waals surface area (Å²) < 4.78 is 9.88. The zero-order chi connectivity index (χ0) is 8.32. The first-order valence-electron chi connectivity index (χ1n) is 3.85. The highest BCUT2D eigenvalue weighted by Gasteiger charge is 2.36. The molecular formula is C8H14O3. The summed E-state index contributed by atoms with van der Waals surface area (Å²) in [5.74, 6) is -0.155. The van der Waals surface area contributed by atoms with Crippen molar-refractivity contribution in [3.8, 4) is 0 Å². The summed E-state index contributed by atoms with van der Waals surface area (Å²) >= 11 is 0. The molecule has 0 bridgehead atoms. The highest BCUT2D eigenvalue weighted by molar-refractivity contribution is 5.76. The number of carbonyl (C=O) groups excluding carboxylic acids is 1. The van der Waals surface area contributed by atoms with E-state index in [2.05, 4.69) is 4.74 Å². The summed E-state index contributed by atoms with van der Waals surface area (Å²) in [5.41, 5.74) is -0.396. The van der Waals surface area contributed by atoms with Crippen molar-refractivity contribution in [3.05, 3.63) is 0 Å². The predicted octanol–water partition coefficient (Wildman–Crippen LogP) is 0.976. The van der Waals surface area contributed by atoms with Crippen LogP contribution in [0.2, 0.25) is 0 Å². The molecule has 11 heavy (non-hydrogen) atoms. The molecule has 1 fully saturated rings. The van der Waals surface area contributed by atoms with E-state index in [-0.39, 0.29) is 5.97 Å². The van der Waals surface area contributed by atoms with Gasteiger partial charge in [-0.05, 0) is 19.8 Å². The van der Waals surface area contributed by atoms with Gasteiger partial charge in [0.1, 0.15) is 0 Å². The Morgan fingerprint density at radius 2 is 2.36 bits per heavy atom. The minimum atomic E-state index is -0.396. The fourth-order valence-electron chi connectivity index (χ4n) is 1.34. The maximum absolute atomic E-state index is 11.2. The third-order valence-electron chi connectivity index (χ3n) is 2.12. The Hall–Kier alpha value is -0.570. The van der Waals surface area contributed by atoms with Gasteiger partial charge in [-0.3, -0.25) is 4.79 Å². The fourth-order valence-corrected chi connectivity index (χ4v) is 1.34. The number of esters is 1. The number of methoxy groups -OCH3 is 1. The molecule has 0 N–H and O–H groups in total. The van der Waals surface area contributed by atoms with Gasteiger partial charge in [0.05, 0.1) is 19.1 Å². The van der Waals surface area contributed by atoms with Crippen LogP contribution >= 0.6 is 0 Å². The number of hydrogen-bond acceptors (Lipinski definition) is 3. The molecule has 64 valence electrons. The molecule has 0 aromatic rings. The summed E-state index contributed by atoms with van der Waals surface area (Å²) in [6, 6.07) is 0. The smallest absolute Gasteiger partial charge is 0.313 e. The van der Waals surface area contributed by atoms with Crippen molar-refractivity contribution >= 4 is 5.97 Å². The molecule has 0 aromatic carbocycles. The Morgan fingerprint density at radius 3 is 2.82 bits per heavy atom. The van der Waals surface area contributed by atoms with Crippen LogP contribution < -0.4 is 0 Å². The van der Waals surface area contributed by atoms with Crippen molar-refractivity contribution in [2.45, 2.75) is 19.8 Å². The third-order valence-corrected chi connectivity index (χ3v) is 2.12. The number of rotatable bonds is 1. The molecule has 1 aliphatic rings. The second-order valence-corrected chi connectivity index (χ2v) is 3.21. The first kappa shape index (κ1) is 8.53. The van der Waals surface area contributed by atoms with E-state index in [1.807, 2.05) is 6.92 Å². The topological polar surface area (TPSA) is 35.5 Å². The second kappa shape index (κ2) is 3.22. The molecule has 0 aliphatic carbocycles. The maximum atomic E-state index is 11.2. The minimum absolute atomic E-state index is 0.155. The van der Waals surface area contributed by atoms with Crippen LogP contribution in [0.4, 0.5) is 0 Å². The van der Waals surface area contributed by atoms with Crippen molar-refractivity contribution < 1.29 is 14.3 Å². The molecule has 1 saturated heterocycles. The Bertz CT molecular complexity index is 147. The maximum Gasteiger partial charge on any atom is 0.313 e. The van der Waals surface area contributed by atoms with Gasteiger partial charge in [-0.25, -0.2) is 0 Å². The van der Waals surface area contributed by atoms with Gasteiger partial charge in [0.15, 0.2) is 0 Å². The first-order valence-corrected chi connectivity index (χ1v) is 3.85. The normalized spacial score (nSPS) is 31.5. The van der Waals surface area contributed by atoms with Gasteiger partial charge < -0.3 is 9.47 Å². The predicted molar refractivity (Wildman–Crippen MR) is 40.2 cm³/mol. The van der Waals surface area contributed by atoms with Gasteiger partial charge in [0, 0.05) is 6.61 Å². The van der Waals surface area contributed by atoms with Crippen LogP contribution in [0.25, 0.3) is 0 Å². The van der Waals surface area contributed by atoms with Crippen molar-refractivity contribution in [2.75, 3.05) is 20.3 Å². The number of hydrogen-bond donors (Lipinski definition) is 0. The molecule has 1 aliphatic heterocycles. The molecule has 1 heterocycles. The molecule has 1 rings (SSSR count). The lowest BCUT2D eigenvalue weighted by Gasteiger charge is -2.30. The fraction of sp³-hybridized carbons (Fsp3) is 0.875. The summed E-state index contributed by atoms with van der Waals surface area (Å²) in [6.45, 7) is 3.16. The monoisotopic (exact) mass is 158 g/mol. The highest BCUT2D eigenvalue weighted by Crippen LogP contribution is 2.28. The van der Waals surface area contributed by atoms with Crippen molar-refractivity contribution in [1.29, 1.82) is 0 Å². The zero-order valence-corrected chi connectivity index (χ0v) is 7.05.